The Bertz CT molecular complexity index is 104. The zero-order valence-corrected chi connectivity index (χ0v) is 6.15. The van der Waals surface area contributed by atoms with Gasteiger partial charge < -0.3 is 5.43 Å². The maximum atomic E-state index is 4.00. The molecule has 0 aromatic carbocycles. The van der Waals surface area contributed by atoms with Crippen molar-refractivity contribution in [3.05, 3.63) is 0 Å². The number of rotatable bonds is 2. The van der Waals surface area contributed by atoms with Crippen molar-refractivity contribution < 1.29 is 0 Å². The molecular weight excluding hydrogens is 112 g/mol. The van der Waals surface area contributed by atoms with Gasteiger partial charge in [0.05, 0.1) is 5.54 Å². The molecule has 52 valence electrons. The molecule has 0 fully saturated rings. The maximum Gasteiger partial charge on any atom is 0.0593 e. The summed E-state index contributed by atoms with van der Waals surface area (Å²) in [7, 11) is 0. The van der Waals surface area contributed by atoms with Crippen molar-refractivity contribution in [1.29, 1.82) is 0 Å². The zero-order valence-electron chi connectivity index (χ0n) is 6.15. The van der Waals surface area contributed by atoms with Crippen molar-refractivity contribution in [2.24, 2.45) is 5.10 Å². The monoisotopic (exact) mass is 126 g/mol. The highest BCUT2D eigenvalue weighted by Gasteiger charge is 2.26. The first-order chi connectivity index (χ1) is 4.33. The van der Waals surface area contributed by atoms with Crippen LogP contribution in [0.4, 0.5) is 0 Å². The lowest BCUT2D eigenvalue weighted by Gasteiger charge is -2.24. The van der Waals surface area contributed by atoms with Crippen molar-refractivity contribution in [3.63, 3.8) is 0 Å². The number of hydrazone groups is 1. The molecule has 0 aromatic heterocycles. The van der Waals surface area contributed by atoms with Crippen molar-refractivity contribution >= 4 is 6.21 Å². The summed E-state index contributed by atoms with van der Waals surface area (Å²) in [5, 5.41) is 4.00. The van der Waals surface area contributed by atoms with Crippen LogP contribution >= 0.6 is 0 Å². The van der Waals surface area contributed by atoms with Crippen LogP contribution in [0.5, 0.6) is 0 Å². The molecule has 1 N–H and O–H groups in total. The normalized spacial score (nSPS) is 22.0. The van der Waals surface area contributed by atoms with Gasteiger partial charge in [-0.2, -0.15) is 5.10 Å². The summed E-state index contributed by atoms with van der Waals surface area (Å²) in [5.74, 6) is 0. The van der Waals surface area contributed by atoms with Gasteiger partial charge in [-0.3, -0.25) is 0 Å². The summed E-state index contributed by atoms with van der Waals surface area (Å²) >= 11 is 0. The lowest BCUT2D eigenvalue weighted by Crippen LogP contribution is -2.36. The van der Waals surface area contributed by atoms with Crippen molar-refractivity contribution in [1.82, 2.24) is 5.43 Å². The average Bonchev–Trinajstić information content (AvgIpc) is 2.36. The van der Waals surface area contributed by atoms with Gasteiger partial charge in [0.25, 0.3) is 0 Å². The fourth-order valence-electron chi connectivity index (χ4n) is 1.15. The molecule has 0 saturated carbocycles. The zero-order chi connectivity index (χ0) is 6.74. The first-order valence-electron chi connectivity index (χ1n) is 3.61. The molecule has 0 atom stereocenters. The summed E-state index contributed by atoms with van der Waals surface area (Å²) in [6.07, 6.45) is 5.40. The molecule has 0 saturated heterocycles. The van der Waals surface area contributed by atoms with Crippen LogP contribution in [0, 0.1) is 0 Å². The van der Waals surface area contributed by atoms with E-state index < -0.39 is 0 Å². The largest absolute Gasteiger partial charge is 0.304 e. The Morgan fingerprint density at radius 3 is 2.44 bits per heavy atom. The van der Waals surface area contributed by atoms with Crippen LogP contribution in [0.15, 0.2) is 5.10 Å². The second-order valence-electron chi connectivity index (χ2n) is 2.62. The SMILES string of the molecule is CCC1(CC)CC=NN1. The first kappa shape index (κ1) is 6.59. The summed E-state index contributed by atoms with van der Waals surface area (Å²) in [6.45, 7) is 4.40. The molecule has 0 aromatic rings. The maximum absolute atomic E-state index is 4.00. The molecule has 0 spiro atoms. The van der Waals surface area contributed by atoms with E-state index in [1.807, 2.05) is 6.21 Å². The minimum atomic E-state index is 0.306. The van der Waals surface area contributed by atoms with Crippen LogP contribution in [0.1, 0.15) is 33.1 Å². The van der Waals surface area contributed by atoms with E-state index in [4.69, 9.17) is 0 Å². The average molecular weight is 126 g/mol. The van der Waals surface area contributed by atoms with E-state index in [0.717, 1.165) is 6.42 Å². The molecule has 0 unspecified atom stereocenters. The molecule has 1 rings (SSSR count). The number of nitrogens with zero attached hydrogens (tertiary/aromatic N) is 1. The molecular formula is C7H14N2. The van der Waals surface area contributed by atoms with Crippen LogP contribution in [0.25, 0.3) is 0 Å². The Hall–Kier alpha value is -0.530. The van der Waals surface area contributed by atoms with E-state index in [1.54, 1.807) is 0 Å². The molecule has 1 aliphatic rings. The molecule has 1 aliphatic heterocycles. The van der Waals surface area contributed by atoms with Gasteiger partial charge in [-0.25, -0.2) is 0 Å². The third-order valence-corrected chi connectivity index (χ3v) is 2.23. The van der Waals surface area contributed by atoms with Crippen LogP contribution < -0.4 is 5.43 Å². The summed E-state index contributed by atoms with van der Waals surface area (Å²) in [4.78, 5) is 0. The summed E-state index contributed by atoms with van der Waals surface area (Å²) in [6, 6.07) is 0. The Morgan fingerprint density at radius 1 is 1.56 bits per heavy atom. The molecule has 2 heteroatoms. The van der Waals surface area contributed by atoms with E-state index >= 15 is 0 Å². The van der Waals surface area contributed by atoms with Crippen molar-refractivity contribution in [3.8, 4) is 0 Å². The second kappa shape index (κ2) is 2.38. The molecule has 0 aliphatic carbocycles. The van der Waals surface area contributed by atoms with Gasteiger partial charge in [0.1, 0.15) is 0 Å². The molecule has 0 bridgehead atoms. The van der Waals surface area contributed by atoms with Crippen LogP contribution in [-0.2, 0) is 0 Å². The van der Waals surface area contributed by atoms with Gasteiger partial charge in [0.2, 0.25) is 0 Å². The summed E-state index contributed by atoms with van der Waals surface area (Å²) < 4.78 is 0. The van der Waals surface area contributed by atoms with Crippen LogP contribution in [0.3, 0.4) is 0 Å². The highest BCUT2D eigenvalue weighted by atomic mass is 15.3. The Balaban J connectivity index is 2.50. The number of nitrogens with one attached hydrogen (secondary N) is 1. The second-order valence-corrected chi connectivity index (χ2v) is 2.62. The van der Waals surface area contributed by atoms with Crippen LogP contribution in [0.2, 0.25) is 0 Å². The molecule has 1 heterocycles. The van der Waals surface area contributed by atoms with Gasteiger partial charge in [0, 0.05) is 12.6 Å². The minimum absolute atomic E-state index is 0.306. The standard InChI is InChI=1S/C7H14N2/c1-3-7(4-2)5-6-8-9-7/h6,9H,3-5H2,1-2H3. The van der Waals surface area contributed by atoms with Crippen molar-refractivity contribution in [2.45, 2.75) is 38.6 Å². The smallest absolute Gasteiger partial charge is 0.0593 e. The van der Waals surface area contributed by atoms with Crippen LogP contribution in [-0.4, -0.2) is 11.8 Å². The van der Waals surface area contributed by atoms with E-state index in [-0.39, 0.29) is 0 Å². The molecule has 9 heavy (non-hydrogen) atoms. The molecule has 0 radical (unpaired) electrons. The predicted octanol–water partition coefficient (Wildman–Crippen LogP) is 1.52. The Labute approximate surface area is 56.3 Å². The number of hydrogen-bond acceptors (Lipinski definition) is 2. The van der Waals surface area contributed by atoms with E-state index in [1.165, 1.54) is 12.8 Å². The third-order valence-electron chi connectivity index (χ3n) is 2.23. The quantitative estimate of drug-likeness (QED) is 0.596. The minimum Gasteiger partial charge on any atom is -0.304 e. The van der Waals surface area contributed by atoms with Gasteiger partial charge in [-0.1, -0.05) is 13.8 Å². The highest BCUT2D eigenvalue weighted by molar-refractivity contribution is 5.61. The van der Waals surface area contributed by atoms with E-state index in [2.05, 4.69) is 24.4 Å². The van der Waals surface area contributed by atoms with Crippen molar-refractivity contribution in [2.75, 3.05) is 0 Å². The lowest BCUT2D eigenvalue weighted by molar-refractivity contribution is 0.342. The van der Waals surface area contributed by atoms with Gasteiger partial charge in [-0.15, -0.1) is 0 Å². The lowest BCUT2D eigenvalue weighted by atomic mass is 9.92. The summed E-state index contributed by atoms with van der Waals surface area (Å²) in [5.41, 5.74) is 3.44. The van der Waals surface area contributed by atoms with Gasteiger partial charge >= 0.3 is 0 Å². The Kier molecular flexibility index (Phi) is 1.74. The highest BCUT2D eigenvalue weighted by Crippen LogP contribution is 2.21. The number of hydrogen-bond donors (Lipinski definition) is 1. The first-order valence-corrected chi connectivity index (χ1v) is 3.61. The molecule has 2 nitrogen and oxygen atoms in total. The molecule has 0 amide bonds. The van der Waals surface area contributed by atoms with E-state index in [0.29, 0.717) is 5.54 Å². The van der Waals surface area contributed by atoms with Gasteiger partial charge in [-0.05, 0) is 12.8 Å². The predicted molar refractivity (Wildman–Crippen MR) is 39.6 cm³/mol. The van der Waals surface area contributed by atoms with E-state index in [9.17, 15) is 0 Å². The topological polar surface area (TPSA) is 24.4 Å². The van der Waals surface area contributed by atoms with Gasteiger partial charge in [0.15, 0.2) is 0 Å². The fraction of sp³-hybridized carbons (Fsp3) is 0.857. The third kappa shape index (κ3) is 1.07. The fourth-order valence-corrected chi connectivity index (χ4v) is 1.15. The Morgan fingerprint density at radius 2 is 2.22 bits per heavy atom.